The van der Waals surface area contributed by atoms with Crippen molar-refractivity contribution in [3.63, 3.8) is 0 Å². The normalized spacial score (nSPS) is 10.8. The van der Waals surface area contributed by atoms with E-state index in [0.29, 0.717) is 5.56 Å². The molecule has 1 aromatic carbocycles. The predicted octanol–water partition coefficient (Wildman–Crippen LogP) is 1.68. The number of esters is 2. The van der Waals surface area contributed by atoms with E-state index in [1.54, 1.807) is 0 Å². The molecule has 0 aliphatic carbocycles. The summed E-state index contributed by atoms with van der Waals surface area (Å²) in [6.07, 6.45) is 0.824. The molecule has 0 aromatic heterocycles. The molecule has 0 bridgehead atoms. The number of methoxy groups -OCH3 is 2. The molecule has 0 aliphatic heterocycles. The number of nitrogens with one attached hydrogen (secondary N) is 1. The van der Waals surface area contributed by atoms with Gasteiger partial charge in [0, 0.05) is 17.8 Å². The molecule has 0 heterocycles. The third-order valence-corrected chi connectivity index (χ3v) is 2.63. The number of rotatable bonds is 5. The van der Waals surface area contributed by atoms with Crippen molar-refractivity contribution in [1.29, 1.82) is 0 Å². The van der Waals surface area contributed by atoms with Gasteiger partial charge in [-0.15, -0.1) is 0 Å². The lowest BCUT2D eigenvalue weighted by Gasteiger charge is -2.11. The largest absolute Gasteiger partial charge is 0.466 e. The fourth-order valence-electron chi connectivity index (χ4n) is 1.52. The highest BCUT2D eigenvalue weighted by atomic mass is 19.1. The summed E-state index contributed by atoms with van der Waals surface area (Å²) in [7, 11) is 2.21. The molecule has 0 saturated heterocycles. The molecule has 0 spiro atoms. The summed E-state index contributed by atoms with van der Waals surface area (Å²) in [6.45, 7) is 1.47. The maximum atomic E-state index is 13.6. The monoisotopic (exact) mass is 312 g/mol. The molecule has 9 heteroatoms. The zero-order valence-electron chi connectivity index (χ0n) is 12.0. The number of ether oxygens (including phenoxy) is 2. The molecule has 0 radical (unpaired) electrons. The Morgan fingerprint density at radius 2 is 1.95 bits per heavy atom. The van der Waals surface area contributed by atoms with Crippen LogP contribution in [0.15, 0.2) is 23.9 Å². The molecular formula is C13H13FN2O6. The molecule has 0 fully saturated rings. The topological polar surface area (TPSA) is 108 Å². The van der Waals surface area contributed by atoms with E-state index in [4.69, 9.17) is 0 Å². The average molecular weight is 312 g/mol. The number of carbonyl (C=O) groups excluding carboxylic acids is 2. The number of benzene rings is 1. The zero-order valence-corrected chi connectivity index (χ0v) is 12.0. The third-order valence-electron chi connectivity index (χ3n) is 2.63. The molecule has 0 aliphatic rings. The van der Waals surface area contributed by atoms with Gasteiger partial charge < -0.3 is 14.8 Å². The van der Waals surface area contributed by atoms with Crippen LogP contribution in [0.1, 0.15) is 5.56 Å². The van der Waals surface area contributed by atoms with E-state index in [1.807, 2.05) is 0 Å². The Labute approximate surface area is 124 Å². The van der Waals surface area contributed by atoms with E-state index in [2.05, 4.69) is 14.8 Å². The van der Waals surface area contributed by atoms with E-state index in [0.717, 1.165) is 32.4 Å². The van der Waals surface area contributed by atoms with Crippen LogP contribution in [0.25, 0.3) is 0 Å². The van der Waals surface area contributed by atoms with Crippen LogP contribution in [-0.2, 0) is 19.1 Å². The number of halogens is 1. The van der Waals surface area contributed by atoms with E-state index in [-0.39, 0.29) is 11.4 Å². The van der Waals surface area contributed by atoms with Gasteiger partial charge in [-0.1, -0.05) is 0 Å². The van der Waals surface area contributed by atoms with Crippen LogP contribution in [0.4, 0.5) is 15.8 Å². The summed E-state index contributed by atoms with van der Waals surface area (Å²) >= 11 is 0. The highest BCUT2D eigenvalue weighted by Crippen LogP contribution is 2.26. The minimum atomic E-state index is -1.08. The molecule has 1 rings (SSSR count). The third kappa shape index (κ3) is 4.01. The molecule has 0 unspecified atom stereocenters. The summed E-state index contributed by atoms with van der Waals surface area (Å²) in [4.78, 5) is 32.6. The predicted molar refractivity (Wildman–Crippen MR) is 73.5 cm³/mol. The fraction of sp³-hybridized carbons (Fsp3) is 0.231. The molecule has 0 saturated carbocycles. The lowest BCUT2D eigenvalue weighted by molar-refractivity contribution is -0.387. The number of anilines is 1. The van der Waals surface area contributed by atoms with Crippen molar-refractivity contribution in [3.8, 4) is 0 Å². The number of aryl methyl sites for hydroxylation is 1. The van der Waals surface area contributed by atoms with Crippen molar-refractivity contribution in [2.24, 2.45) is 0 Å². The summed E-state index contributed by atoms with van der Waals surface area (Å²) in [6, 6.07) is 1.85. The van der Waals surface area contributed by atoms with Crippen molar-refractivity contribution in [3.05, 3.63) is 45.4 Å². The molecule has 8 nitrogen and oxygen atoms in total. The second-order valence-electron chi connectivity index (χ2n) is 4.07. The fourth-order valence-corrected chi connectivity index (χ4v) is 1.52. The number of nitrogens with zero attached hydrogens (tertiary/aromatic N) is 1. The van der Waals surface area contributed by atoms with Gasteiger partial charge in [-0.2, -0.15) is 4.39 Å². The first-order valence-corrected chi connectivity index (χ1v) is 5.89. The van der Waals surface area contributed by atoms with Gasteiger partial charge in [-0.25, -0.2) is 9.59 Å². The second kappa shape index (κ2) is 7.16. The smallest absolute Gasteiger partial charge is 0.354 e. The minimum Gasteiger partial charge on any atom is -0.466 e. The van der Waals surface area contributed by atoms with Crippen LogP contribution in [0, 0.1) is 22.9 Å². The lowest BCUT2D eigenvalue weighted by Crippen LogP contribution is -2.16. The van der Waals surface area contributed by atoms with Gasteiger partial charge in [-0.05, 0) is 12.5 Å². The first kappa shape index (κ1) is 17.1. The number of nitro benzene ring substituents is 1. The van der Waals surface area contributed by atoms with Crippen molar-refractivity contribution >= 4 is 23.3 Å². The quantitative estimate of drug-likeness (QED) is 0.381. The summed E-state index contributed by atoms with van der Waals surface area (Å²) in [5.41, 5.74) is -0.623. The van der Waals surface area contributed by atoms with Crippen LogP contribution in [0.2, 0.25) is 0 Å². The van der Waals surface area contributed by atoms with Gasteiger partial charge in [0.05, 0.1) is 25.2 Å². The van der Waals surface area contributed by atoms with Gasteiger partial charge in [0.2, 0.25) is 5.82 Å². The number of hydrogen-bond donors (Lipinski definition) is 1. The molecular weight excluding hydrogens is 299 g/mol. The van der Waals surface area contributed by atoms with Crippen molar-refractivity contribution in [2.75, 3.05) is 19.5 Å². The van der Waals surface area contributed by atoms with Crippen LogP contribution < -0.4 is 5.32 Å². The Kier molecular flexibility index (Phi) is 5.56. The molecule has 1 aromatic rings. The standard InChI is InChI=1S/C13H13FN2O6/c1-7-4-11(16(19)20)8(14)5-9(7)15-10(13(18)22-3)6-12(17)21-2/h4-6,15H,1-3H3/b10-6+. The highest BCUT2D eigenvalue weighted by Gasteiger charge is 2.19. The van der Waals surface area contributed by atoms with Crippen molar-refractivity contribution < 1.29 is 28.4 Å². The summed E-state index contributed by atoms with van der Waals surface area (Å²) in [5.74, 6) is -2.79. The maximum Gasteiger partial charge on any atom is 0.354 e. The van der Waals surface area contributed by atoms with Crippen molar-refractivity contribution in [2.45, 2.75) is 6.92 Å². The Morgan fingerprint density at radius 3 is 2.45 bits per heavy atom. The second-order valence-corrected chi connectivity index (χ2v) is 4.07. The summed E-state index contributed by atoms with van der Waals surface area (Å²) in [5, 5.41) is 13.1. The average Bonchev–Trinajstić information content (AvgIpc) is 2.48. The SMILES string of the molecule is COC(=O)/C=C(/Nc1cc(F)c([N+](=O)[O-])cc1C)C(=O)OC. The van der Waals surface area contributed by atoms with Gasteiger partial charge >= 0.3 is 17.6 Å². The van der Waals surface area contributed by atoms with E-state index < -0.39 is 28.4 Å². The van der Waals surface area contributed by atoms with Crippen molar-refractivity contribution in [1.82, 2.24) is 0 Å². The molecule has 22 heavy (non-hydrogen) atoms. The van der Waals surface area contributed by atoms with Gasteiger partial charge in [-0.3, -0.25) is 10.1 Å². The Bertz CT molecular complexity index is 656. The first-order chi connectivity index (χ1) is 10.3. The van der Waals surface area contributed by atoms with Crippen LogP contribution in [0.3, 0.4) is 0 Å². The van der Waals surface area contributed by atoms with Crippen LogP contribution >= 0.6 is 0 Å². The van der Waals surface area contributed by atoms with E-state index >= 15 is 0 Å². The van der Waals surface area contributed by atoms with Gasteiger partial charge in [0.1, 0.15) is 5.70 Å². The Hall–Kier alpha value is -2.97. The maximum absolute atomic E-state index is 13.6. The highest BCUT2D eigenvalue weighted by molar-refractivity contribution is 5.98. The van der Waals surface area contributed by atoms with E-state index in [1.165, 1.54) is 6.92 Å². The number of carbonyl (C=O) groups is 2. The molecule has 0 atom stereocenters. The minimum absolute atomic E-state index is 0.0728. The van der Waals surface area contributed by atoms with E-state index in [9.17, 15) is 24.1 Å². The van der Waals surface area contributed by atoms with Gasteiger partial charge in [0.25, 0.3) is 0 Å². The first-order valence-electron chi connectivity index (χ1n) is 5.89. The molecule has 1 N–H and O–H groups in total. The summed E-state index contributed by atoms with van der Waals surface area (Å²) < 4.78 is 22.5. The number of hydrogen-bond acceptors (Lipinski definition) is 7. The lowest BCUT2D eigenvalue weighted by atomic mass is 10.1. The Balaban J connectivity index is 3.22. The molecule has 0 amide bonds. The van der Waals surface area contributed by atoms with Crippen LogP contribution in [-0.4, -0.2) is 31.1 Å². The Morgan fingerprint density at radius 1 is 1.32 bits per heavy atom. The van der Waals surface area contributed by atoms with Crippen LogP contribution in [0.5, 0.6) is 0 Å². The van der Waals surface area contributed by atoms with Gasteiger partial charge in [0.15, 0.2) is 0 Å². The number of nitro groups is 1. The molecule has 118 valence electrons. The zero-order chi connectivity index (χ0) is 16.9.